The van der Waals surface area contributed by atoms with Gasteiger partial charge in [0.05, 0.1) is 6.54 Å². The summed E-state index contributed by atoms with van der Waals surface area (Å²) in [5, 5.41) is 23.8. The van der Waals surface area contributed by atoms with E-state index in [1.165, 1.54) is 33.1 Å². The Labute approximate surface area is 180 Å². The van der Waals surface area contributed by atoms with Crippen molar-refractivity contribution in [3.63, 3.8) is 0 Å². The van der Waals surface area contributed by atoms with E-state index in [2.05, 4.69) is 20.8 Å². The Bertz CT molecular complexity index is 882. The summed E-state index contributed by atoms with van der Waals surface area (Å²) in [5.41, 5.74) is 5.76. The molecular weight excluding hydrogens is 434 g/mol. The van der Waals surface area contributed by atoms with Gasteiger partial charge in [-0.25, -0.2) is 14.3 Å². The van der Waals surface area contributed by atoms with E-state index in [-0.39, 0.29) is 23.5 Å². The van der Waals surface area contributed by atoms with Crippen molar-refractivity contribution < 1.29 is 24.2 Å². The van der Waals surface area contributed by atoms with Crippen LogP contribution in [0.25, 0.3) is 0 Å². The lowest BCUT2D eigenvalue weighted by atomic mass is 10.0. The van der Waals surface area contributed by atoms with E-state index in [0.29, 0.717) is 28.8 Å². The van der Waals surface area contributed by atoms with Crippen LogP contribution < -0.4 is 11.1 Å². The van der Waals surface area contributed by atoms with E-state index in [4.69, 9.17) is 10.5 Å². The van der Waals surface area contributed by atoms with Gasteiger partial charge in [0.15, 0.2) is 0 Å². The van der Waals surface area contributed by atoms with Gasteiger partial charge in [-0.3, -0.25) is 9.69 Å². The first-order chi connectivity index (χ1) is 14.1. The molecule has 1 aromatic heterocycles. The maximum absolute atomic E-state index is 12.0. The van der Waals surface area contributed by atoms with Gasteiger partial charge in [0.1, 0.15) is 22.7 Å². The van der Waals surface area contributed by atoms with E-state index in [9.17, 15) is 19.5 Å². The number of thioether (sulfide) groups is 2. The number of β-lactam (4-membered cyclic amide) rings is 1. The summed E-state index contributed by atoms with van der Waals surface area (Å²) < 4.78 is 6.67. The molecule has 30 heavy (non-hydrogen) atoms. The van der Waals surface area contributed by atoms with Crippen LogP contribution in [0.2, 0.25) is 0 Å². The number of tetrazole rings is 1. The Morgan fingerprint density at radius 3 is 2.83 bits per heavy atom. The molecular formula is C16H23N7O5S2. The molecule has 2 amide bonds. The lowest BCUT2D eigenvalue weighted by molar-refractivity contribution is -0.147. The number of carboxylic acid groups (broad SMARTS) is 1. The molecule has 4 N–H and O–H groups in total. The highest BCUT2D eigenvalue weighted by atomic mass is 32.2. The zero-order chi connectivity index (χ0) is 22.1. The first-order valence-corrected chi connectivity index (χ1v) is 11.1. The lowest BCUT2D eigenvalue weighted by Crippen LogP contribution is -2.68. The number of fused-ring (bicyclic) bond motifs is 1. The number of nitrogens with two attached hydrogens (primary N) is 1. The van der Waals surface area contributed by atoms with Crippen LogP contribution in [0, 0.1) is 0 Å². The summed E-state index contributed by atoms with van der Waals surface area (Å²) in [5.74, 6) is -0.777. The van der Waals surface area contributed by atoms with Gasteiger partial charge in [0.25, 0.3) is 0 Å². The van der Waals surface area contributed by atoms with Crippen LogP contribution in [0.1, 0.15) is 20.8 Å². The number of aliphatic carboxylic acids is 1. The van der Waals surface area contributed by atoms with Crippen molar-refractivity contribution in [2.75, 3.05) is 18.1 Å². The van der Waals surface area contributed by atoms with E-state index >= 15 is 0 Å². The number of ether oxygens (including phenoxy) is 1. The van der Waals surface area contributed by atoms with Gasteiger partial charge in [0.2, 0.25) is 11.1 Å². The number of rotatable bonds is 7. The number of amides is 2. The van der Waals surface area contributed by atoms with Crippen molar-refractivity contribution in [1.29, 1.82) is 0 Å². The third-order valence-electron chi connectivity index (χ3n) is 4.16. The number of aromatic nitrogens is 4. The van der Waals surface area contributed by atoms with E-state index < -0.39 is 23.7 Å². The highest BCUT2D eigenvalue weighted by Crippen LogP contribution is 2.40. The Kier molecular flexibility index (Phi) is 6.57. The van der Waals surface area contributed by atoms with Gasteiger partial charge >= 0.3 is 12.1 Å². The zero-order valence-corrected chi connectivity index (χ0v) is 18.3. The molecule has 0 spiro atoms. The standard InChI is InChI=1S/C16H23N7O5S2/c1-16(2,3)28-15(27)18-4-5-22-14(19-20-21-22)30-7-8-6-29-12-9(17)11(24)23(12)10(8)13(25)26/h9,12H,4-7,17H2,1-3H3,(H,18,27)(H,25,26)/t9?,12-/m1/s1. The van der Waals surface area contributed by atoms with Crippen molar-refractivity contribution in [2.45, 2.75) is 49.5 Å². The smallest absolute Gasteiger partial charge is 0.407 e. The van der Waals surface area contributed by atoms with E-state index in [1.807, 2.05) is 0 Å². The monoisotopic (exact) mass is 457 g/mol. The van der Waals surface area contributed by atoms with Crippen molar-refractivity contribution in [1.82, 2.24) is 30.4 Å². The van der Waals surface area contributed by atoms with Gasteiger partial charge in [-0.1, -0.05) is 11.8 Å². The highest BCUT2D eigenvalue weighted by Gasteiger charge is 2.51. The second-order valence-corrected chi connectivity index (χ2v) is 9.64. The van der Waals surface area contributed by atoms with Gasteiger partial charge in [-0.15, -0.1) is 16.9 Å². The maximum atomic E-state index is 12.0. The molecule has 1 unspecified atom stereocenters. The zero-order valence-electron chi connectivity index (χ0n) is 16.7. The van der Waals surface area contributed by atoms with Crippen LogP contribution in [0.5, 0.6) is 0 Å². The SMILES string of the molecule is CC(C)(C)OC(=O)NCCn1nnnc1SCC1=C(C(=O)O)N2C(=O)C(N)[C@H]2SC1. The third kappa shape index (κ3) is 4.87. The molecule has 164 valence electrons. The average molecular weight is 458 g/mol. The second kappa shape index (κ2) is 8.81. The molecule has 1 fully saturated rings. The Balaban J connectivity index is 1.59. The third-order valence-corrected chi connectivity index (χ3v) is 6.56. The molecule has 2 atom stereocenters. The summed E-state index contributed by atoms with van der Waals surface area (Å²) in [6.07, 6.45) is -0.535. The second-order valence-electron chi connectivity index (χ2n) is 7.59. The number of carbonyl (C=O) groups excluding carboxylic acids is 2. The van der Waals surface area contributed by atoms with Crippen molar-refractivity contribution >= 4 is 41.5 Å². The number of alkyl carbamates (subject to hydrolysis) is 1. The fourth-order valence-corrected chi connectivity index (χ4v) is 5.20. The van der Waals surface area contributed by atoms with Gasteiger partial charge < -0.3 is 20.9 Å². The van der Waals surface area contributed by atoms with Crippen LogP contribution in [-0.4, -0.2) is 83.3 Å². The van der Waals surface area contributed by atoms with Gasteiger partial charge in [-0.2, -0.15) is 0 Å². The molecule has 2 aliphatic heterocycles. The molecule has 0 saturated carbocycles. The summed E-state index contributed by atoms with van der Waals surface area (Å²) in [7, 11) is 0. The number of nitrogens with zero attached hydrogens (tertiary/aromatic N) is 5. The summed E-state index contributed by atoms with van der Waals surface area (Å²) >= 11 is 2.70. The predicted octanol–water partition coefficient (Wildman–Crippen LogP) is -0.129. The topological polar surface area (TPSA) is 166 Å². The Morgan fingerprint density at radius 2 is 2.17 bits per heavy atom. The van der Waals surface area contributed by atoms with Crippen LogP contribution in [0.4, 0.5) is 4.79 Å². The number of carbonyl (C=O) groups is 3. The van der Waals surface area contributed by atoms with Crippen LogP contribution in [0.3, 0.4) is 0 Å². The van der Waals surface area contributed by atoms with Crippen LogP contribution in [0.15, 0.2) is 16.4 Å². The quantitative estimate of drug-likeness (QED) is 0.369. The number of carboxylic acids is 1. The molecule has 0 radical (unpaired) electrons. The maximum Gasteiger partial charge on any atom is 0.407 e. The molecule has 1 aromatic rings. The fourth-order valence-electron chi connectivity index (χ4n) is 2.86. The number of hydrogen-bond donors (Lipinski definition) is 3. The van der Waals surface area contributed by atoms with E-state index in [0.717, 1.165) is 0 Å². The lowest BCUT2D eigenvalue weighted by Gasteiger charge is -2.48. The average Bonchev–Trinajstić information content (AvgIpc) is 3.10. The van der Waals surface area contributed by atoms with Crippen molar-refractivity contribution in [3.05, 3.63) is 11.3 Å². The fraction of sp³-hybridized carbons (Fsp3) is 0.625. The minimum Gasteiger partial charge on any atom is -0.477 e. The molecule has 3 heterocycles. The van der Waals surface area contributed by atoms with Crippen molar-refractivity contribution in [2.24, 2.45) is 5.73 Å². The molecule has 3 rings (SSSR count). The summed E-state index contributed by atoms with van der Waals surface area (Å²) in [4.78, 5) is 36.7. The molecule has 0 aromatic carbocycles. The molecule has 14 heteroatoms. The largest absolute Gasteiger partial charge is 0.477 e. The minimum atomic E-state index is -1.16. The van der Waals surface area contributed by atoms with Crippen molar-refractivity contribution in [3.8, 4) is 0 Å². The molecule has 2 aliphatic rings. The predicted molar refractivity (Wildman–Crippen MR) is 109 cm³/mol. The summed E-state index contributed by atoms with van der Waals surface area (Å²) in [6, 6.07) is -0.664. The number of hydrogen-bond acceptors (Lipinski definition) is 10. The Morgan fingerprint density at radius 1 is 1.43 bits per heavy atom. The van der Waals surface area contributed by atoms with Gasteiger partial charge in [0, 0.05) is 18.1 Å². The Hall–Kier alpha value is -2.32. The molecule has 0 aliphatic carbocycles. The van der Waals surface area contributed by atoms with E-state index in [1.54, 1.807) is 20.8 Å². The minimum absolute atomic E-state index is 0.0106. The molecule has 1 saturated heterocycles. The normalized spacial score (nSPS) is 21.2. The first kappa shape index (κ1) is 22.4. The molecule has 12 nitrogen and oxygen atoms in total. The van der Waals surface area contributed by atoms with Crippen LogP contribution >= 0.6 is 23.5 Å². The highest BCUT2D eigenvalue weighted by molar-refractivity contribution is 8.01. The number of nitrogens with one attached hydrogen (secondary N) is 1. The molecule has 0 bridgehead atoms. The van der Waals surface area contributed by atoms with Gasteiger partial charge in [-0.05, 0) is 36.8 Å². The summed E-state index contributed by atoms with van der Waals surface area (Å²) in [6.45, 7) is 5.89. The first-order valence-electron chi connectivity index (χ1n) is 9.10. The van der Waals surface area contributed by atoms with Crippen LogP contribution in [-0.2, 0) is 20.9 Å².